The lowest BCUT2D eigenvalue weighted by Crippen LogP contribution is -2.60. The van der Waals surface area contributed by atoms with Crippen molar-refractivity contribution in [1.29, 1.82) is 0 Å². The van der Waals surface area contributed by atoms with Crippen molar-refractivity contribution in [1.82, 2.24) is 0 Å². The van der Waals surface area contributed by atoms with Crippen LogP contribution in [0, 0.1) is 16.7 Å². The summed E-state index contributed by atoms with van der Waals surface area (Å²) in [5.74, 6) is 0.288. The largest absolute Gasteiger partial charge is 0.382 e. The Morgan fingerprint density at radius 1 is 1.19 bits per heavy atom. The van der Waals surface area contributed by atoms with Crippen LogP contribution < -0.4 is 5.19 Å². The summed E-state index contributed by atoms with van der Waals surface area (Å²) in [5, 5.41) is 14.3. The fourth-order valence-corrected chi connectivity index (χ4v) is 11.1. The molecule has 0 amide bonds. The molecule has 4 heteroatoms. The molecule has 0 spiro atoms. The van der Waals surface area contributed by atoms with Gasteiger partial charge in [0.25, 0.3) is 0 Å². The zero-order valence-corrected chi connectivity index (χ0v) is 21.0. The van der Waals surface area contributed by atoms with Crippen LogP contribution in [0.1, 0.15) is 46.0 Å². The number of hydrogen-bond donors (Lipinski definition) is 1. The standard InChI is InChI=1S/C27H40O3Si/c1-7-26-18-17-22(25(26,2)3)24(30-19-29-4)27(26,28)21-15-11-12-16-23(21)31(5,6)20-13-9-8-10-14-20/h7-10,13-15,22-24,28H,1,11-12,16-19H2,2-6H3/t22-,23+,24-,26-,27-/m0/s1. The molecule has 3 aliphatic carbocycles. The third-order valence-electron chi connectivity index (χ3n) is 9.36. The van der Waals surface area contributed by atoms with E-state index in [1.54, 1.807) is 7.11 Å². The molecule has 3 aliphatic rings. The zero-order chi connectivity index (χ0) is 22.5. The van der Waals surface area contributed by atoms with Crippen LogP contribution in [0.2, 0.25) is 18.6 Å². The molecule has 1 aromatic carbocycles. The normalized spacial score (nSPS) is 37.0. The molecular weight excluding hydrogens is 400 g/mol. The van der Waals surface area contributed by atoms with Crippen molar-refractivity contribution >= 4 is 13.3 Å². The monoisotopic (exact) mass is 440 g/mol. The Kier molecular flexibility index (Phi) is 5.92. The number of allylic oxidation sites excluding steroid dienone is 1. The second-order valence-electron chi connectivity index (χ2n) is 11.0. The highest BCUT2D eigenvalue weighted by Crippen LogP contribution is 2.74. The Labute approximate surface area is 189 Å². The zero-order valence-electron chi connectivity index (χ0n) is 20.0. The van der Waals surface area contributed by atoms with E-state index in [2.05, 4.69) is 76.0 Å². The SMILES string of the molecule is C=C[C@@]12CC[C@@H]([C@H](OCOC)[C@@]1(O)C1=CCCC[C@H]1[Si](C)(C)c1ccccc1)C2(C)C. The maximum atomic E-state index is 12.9. The van der Waals surface area contributed by atoms with Crippen LogP contribution >= 0.6 is 0 Å². The summed E-state index contributed by atoms with van der Waals surface area (Å²) >= 11 is 0. The van der Waals surface area contributed by atoms with E-state index in [4.69, 9.17) is 9.47 Å². The van der Waals surface area contributed by atoms with Crippen LogP contribution in [-0.4, -0.2) is 38.8 Å². The quantitative estimate of drug-likeness (QED) is 0.349. The number of benzene rings is 1. The summed E-state index contributed by atoms with van der Waals surface area (Å²) in [6, 6.07) is 11.0. The second-order valence-corrected chi connectivity index (χ2v) is 15.8. The van der Waals surface area contributed by atoms with Crippen molar-refractivity contribution in [2.24, 2.45) is 16.7 Å². The topological polar surface area (TPSA) is 38.7 Å². The Morgan fingerprint density at radius 2 is 1.90 bits per heavy atom. The number of rotatable bonds is 7. The molecule has 0 saturated heterocycles. The number of aliphatic hydroxyl groups is 1. The van der Waals surface area contributed by atoms with Crippen molar-refractivity contribution in [3.8, 4) is 0 Å². The van der Waals surface area contributed by atoms with Gasteiger partial charge in [-0.05, 0) is 54.6 Å². The van der Waals surface area contributed by atoms with E-state index in [9.17, 15) is 5.11 Å². The third kappa shape index (κ3) is 3.02. The summed E-state index contributed by atoms with van der Waals surface area (Å²) in [6.07, 6.45) is 9.57. The molecule has 3 nitrogen and oxygen atoms in total. The van der Waals surface area contributed by atoms with Gasteiger partial charge < -0.3 is 14.6 Å². The smallest absolute Gasteiger partial charge is 0.146 e. The number of hydrogen-bond acceptors (Lipinski definition) is 3. The Morgan fingerprint density at radius 3 is 2.55 bits per heavy atom. The minimum absolute atomic E-state index is 0.0802. The highest BCUT2D eigenvalue weighted by atomic mass is 28.3. The summed E-state index contributed by atoms with van der Waals surface area (Å²) in [4.78, 5) is 0. The highest BCUT2D eigenvalue weighted by molar-refractivity contribution is 6.91. The van der Waals surface area contributed by atoms with Gasteiger partial charge in [0.1, 0.15) is 12.4 Å². The van der Waals surface area contributed by atoms with Gasteiger partial charge in [-0.1, -0.05) is 74.6 Å². The van der Waals surface area contributed by atoms with E-state index in [1.165, 1.54) is 17.2 Å². The average Bonchev–Trinajstić information content (AvgIpc) is 3.12. The fourth-order valence-electron chi connectivity index (χ4n) is 7.59. The Balaban J connectivity index is 1.86. The van der Waals surface area contributed by atoms with Gasteiger partial charge in [-0.15, -0.1) is 6.58 Å². The average molecular weight is 441 g/mol. The van der Waals surface area contributed by atoms with Gasteiger partial charge >= 0.3 is 0 Å². The van der Waals surface area contributed by atoms with Crippen LogP contribution in [0.5, 0.6) is 0 Å². The molecule has 0 aliphatic heterocycles. The van der Waals surface area contributed by atoms with Gasteiger partial charge in [-0.3, -0.25) is 0 Å². The van der Waals surface area contributed by atoms with E-state index in [0.29, 0.717) is 5.54 Å². The summed E-state index contributed by atoms with van der Waals surface area (Å²) in [6.45, 7) is 14.1. The minimum atomic E-state index is -1.89. The van der Waals surface area contributed by atoms with Crippen LogP contribution in [0.3, 0.4) is 0 Å². The van der Waals surface area contributed by atoms with Crippen molar-refractivity contribution in [3.05, 3.63) is 54.6 Å². The Bertz CT molecular complexity index is 845. The lowest BCUT2D eigenvalue weighted by Gasteiger charge is -2.53. The molecule has 31 heavy (non-hydrogen) atoms. The number of fused-ring (bicyclic) bond motifs is 2. The molecule has 0 aromatic heterocycles. The molecule has 5 atom stereocenters. The van der Waals surface area contributed by atoms with Crippen LogP contribution in [0.15, 0.2) is 54.6 Å². The first kappa shape index (κ1) is 23.0. The molecule has 1 aromatic rings. The first-order valence-corrected chi connectivity index (χ1v) is 15.0. The Hall–Kier alpha value is -1.20. The van der Waals surface area contributed by atoms with E-state index >= 15 is 0 Å². The van der Waals surface area contributed by atoms with Crippen molar-refractivity contribution in [3.63, 3.8) is 0 Å². The lowest BCUT2D eigenvalue weighted by atomic mass is 9.59. The van der Waals surface area contributed by atoms with Gasteiger partial charge in [-0.25, -0.2) is 0 Å². The first-order valence-electron chi connectivity index (χ1n) is 11.9. The third-order valence-corrected chi connectivity index (χ3v) is 13.5. The molecule has 0 heterocycles. The summed E-state index contributed by atoms with van der Waals surface area (Å²) in [5.41, 5.74) is 0.114. The molecule has 0 unspecified atom stereocenters. The van der Waals surface area contributed by atoms with E-state index < -0.39 is 13.7 Å². The number of ether oxygens (including phenoxy) is 2. The second kappa shape index (κ2) is 7.98. The van der Waals surface area contributed by atoms with Gasteiger partial charge in [0, 0.05) is 12.5 Å². The molecule has 2 saturated carbocycles. The van der Waals surface area contributed by atoms with Gasteiger partial charge in [0.2, 0.25) is 0 Å². The maximum Gasteiger partial charge on any atom is 0.146 e. The maximum absolute atomic E-state index is 12.9. The molecule has 4 rings (SSSR count). The van der Waals surface area contributed by atoms with E-state index in [0.717, 1.165) is 25.7 Å². The van der Waals surface area contributed by atoms with Crippen LogP contribution in [0.25, 0.3) is 0 Å². The van der Waals surface area contributed by atoms with Crippen LogP contribution in [0.4, 0.5) is 0 Å². The highest BCUT2D eigenvalue weighted by Gasteiger charge is 2.76. The van der Waals surface area contributed by atoms with Crippen molar-refractivity contribution in [2.75, 3.05) is 13.9 Å². The van der Waals surface area contributed by atoms with E-state index in [1.807, 2.05) is 0 Å². The van der Waals surface area contributed by atoms with Crippen LogP contribution in [-0.2, 0) is 9.47 Å². The molecule has 0 radical (unpaired) electrons. The van der Waals surface area contributed by atoms with Gasteiger partial charge in [0.05, 0.1) is 14.2 Å². The van der Waals surface area contributed by atoms with Gasteiger partial charge in [-0.2, -0.15) is 0 Å². The molecule has 170 valence electrons. The fraction of sp³-hybridized carbons (Fsp3) is 0.630. The molecular formula is C27H40O3Si. The first-order chi connectivity index (χ1) is 14.7. The van der Waals surface area contributed by atoms with E-state index in [-0.39, 0.29) is 29.6 Å². The summed E-state index contributed by atoms with van der Waals surface area (Å²) < 4.78 is 11.7. The minimum Gasteiger partial charge on any atom is -0.382 e. The van der Waals surface area contributed by atoms with Crippen molar-refractivity contribution in [2.45, 2.75) is 76.3 Å². The molecule has 2 fully saturated rings. The van der Waals surface area contributed by atoms with Gasteiger partial charge in [0.15, 0.2) is 0 Å². The predicted octanol–water partition coefficient (Wildman–Crippen LogP) is 5.42. The van der Waals surface area contributed by atoms with Crippen molar-refractivity contribution < 1.29 is 14.6 Å². The lowest BCUT2D eigenvalue weighted by molar-refractivity contribution is -0.173. The molecule has 1 N–H and O–H groups in total. The predicted molar refractivity (Wildman–Crippen MR) is 130 cm³/mol. The molecule has 2 bridgehead atoms. The number of methoxy groups -OCH3 is 1. The summed E-state index contributed by atoms with van der Waals surface area (Å²) in [7, 11) is -0.225.